The SMILES string of the molecule is C[C@@H](NC(=O)Nc1ccc(F)c(C(N)=O)c1)c1ccc2c(c1)OCO2. The summed E-state index contributed by atoms with van der Waals surface area (Å²) in [5.74, 6) is -0.371. The molecule has 0 saturated heterocycles. The molecule has 0 bridgehead atoms. The van der Waals surface area contributed by atoms with E-state index >= 15 is 0 Å². The van der Waals surface area contributed by atoms with Crippen LogP contribution in [0.3, 0.4) is 0 Å². The predicted molar refractivity (Wildman–Crippen MR) is 88.1 cm³/mol. The van der Waals surface area contributed by atoms with Crippen LogP contribution in [-0.2, 0) is 0 Å². The lowest BCUT2D eigenvalue weighted by molar-refractivity contribution is 0.0996. The van der Waals surface area contributed by atoms with E-state index in [1.54, 1.807) is 19.1 Å². The van der Waals surface area contributed by atoms with Gasteiger partial charge < -0.3 is 25.8 Å². The van der Waals surface area contributed by atoms with Crippen LogP contribution < -0.4 is 25.8 Å². The van der Waals surface area contributed by atoms with E-state index in [1.165, 1.54) is 12.1 Å². The van der Waals surface area contributed by atoms with Gasteiger partial charge in [-0.2, -0.15) is 0 Å². The molecule has 0 unspecified atom stereocenters. The fourth-order valence-corrected chi connectivity index (χ4v) is 2.42. The molecule has 8 heteroatoms. The van der Waals surface area contributed by atoms with E-state index in [0.29, 0.717) is 11.5 Å². The normalized spacial score (nSPS) is 13.2. The zero-order valence-corrected chi connectivity index (χ0v) is 13.3. The fourth-order valence-electron chi connectivity index (χ4n) is 2.42. The van der Waals surface area contributed by atoms with Gasteiger partial charge in [0.15, 0.2) is 11.5 Å². The molecule has 130 valence electrons. The minimum absolute atomic E-state index is 0.174. The molecule has 0 spiro atoms. The monoisotopic (exact) mass is 345 g/mol. The van der Waals surface area contributed by atoms with Gasteiger partial charge in [0, 0.05) is 5.69 Å². The Hall–Kier alpha value is -3.29. The number of halogens is 1. The first-order valence-electron chi connectivity index (χ1n) is 7.50. The molecule has 1 aliphatic rings. The number of hydrogen-bond donors (Lipinski definition) is 3. The van der Waals surface area contributed by atoms with E-state index in [4.69, 9.17) is 15.2 Å². The molecule has 1 atom stereocenters. The number of fused-ring (bicyclic) bond motifs is 1. The van der Waals surface area contributed by atoms with Crippen LogP contribution in [-0.4, -0.2) is 18.7 Å². The van der Waals surface area contributed by atoms with Crippen molar-refractivity contribution < 1.29 is 23.5 Å². The van der Waals surface area contributed by atoms with Gasteiger partial charge in [-0.1, -0.05) is 6.07 Å². The van der Waals surface area contributed by atoms with E-state index in [9.17, 15) is 14.0 Å². The molecular weight excluding hydrogens is 329 g/mol. The van der Waals surface area contributed by atoms with Crippen LogP contribution in [0.15, 0.2) is 36.4 Å². The zero-order valence-electron chi connectivity index (χ0n) is 13.3. The highest BCUT2D eigenvalue weighted by Gasteiger charge is 2.17. The molecule has 7 nitrogen and oxygen atoms in total. The highest BCUT2D eigenvalue weighted by Crippen LogP contribution is 2.34. The second-order valence-electron chi connectivity index (χ2n) is 5.49. The minimum atomic E-state index is -0.907. The molecule has 2 aromatic carbocycles. The third kappa shape index (κ3) is 3.63. The van der Waals surface area contributed by atoms with Gasteiger partial charge in [0.25, 0.3) is 5.91 Å². The number of amides is 3. The quantitative estimate of drug-likeness (QED) is 0.792. The summed E-state index contributed by atoms with van der Waals surface area (Å²) < 4.78 is 24.0. The van der Waals surface area contributed by atoms with Crippen LogP contribution in [0, 0.1) is 5.82 Å². The second-order valence-corrected chi connectivity index (χ2v) is 5.49. The molecule has 0 aliphatic carbocycles. The summed E-state index contributed by atoms with van der Waals surface area (Å²) in [6.45, 7) is 1.98. The largest absolute Gasteiger partial charge is 0.454 e. The Balaban J connectivity index is 1.66. The summed E-state index contributed by atoms with van der Waals surface area (Å²) in [5, 5.41) is 5.28. The van der Waals surface area contributed by atoms with Gasteiger partial charge in [0.2, 0.25) is 6.79 Å². The smallest absolute Gasteiger partial charge is 0.319 e. The fraction of sp³-hybridized carbons (Fsp3) is 0.176. The lowest BCUT2D eigenvalue weighted by Crippen LogP contribution is -2.31. The lowest BCUT2D eigenvalue weighted by atomic mass is 10.1. The molecule has 3 amide bonds. The summed E-state index contributed by atoms with van der Waals surface area (Å²) in [6.07, 6.45) is 0. The Labute approximate surface area is 142 Å². The third-order valence-electron chi connectivity index (χ3n) is 3.73. The number of carbonyl (C=O) groups excluding carboxylic acids is 2. The van der Waals surface area contributed by atoms with Crippen LogP contribution in [0.2, 0.25) is 0 Å². The van der Waals surface area contributed by atoms with Gasteiger partial charge in [-0.25, -0.2) is 9.18 Å². The Morgan fingerprint density at radius 2 is 1.92 bits per heavy atom. The molecular formula is C17H16FN3O4. The number of ether oxygens (including phenoxy) is 2. The van der Waals surface area contributed by atoms with E-state index in [2.05, 4.69) is 10.6 Å². The van der Waals surface area contributed by atoms with Crippen molar-refractivity contribution in [2.75, 3.05) is 12.1 Å². The summed E-state index contributed by atoms with van der Waals surface area (Å²) in [6, 6.07) is 8.15. The number of nitrogens with two attached hydrogens (primary N) is 1. The molecule has 3 rings (SSSR count). The van der Waals surface area contributed by atoms with E-state index in [1.807, 2.05) is 6.07 Å². The third-order valence-corrected chi connectivity index (χ3v) is 3.73. The average Bonchev–Trinajstić information content (AvgIpc) is 3.03. The Morgan fingerprint density at radius 1 is 1.16 bits per heavy atom. The van der Waals surface area contributed by atoms with E-state index in [-0.39, 0.29) is 24.1 Å². The molecule has 25 heavy (non-hydrogen) atoms. The van der Waals surface area contributed by atoms with Gasteiger partial charge in [-0.15, -0.1) is 0 Å². The number of urea groups is 1. The van der Waals surface area contributed by atoms with Crippen LogP contribution in [0.4, 0.5) is 14.9 Å². The number of primary amides is 1. The molecule has 0 radical (unpaired) electrons. The van der Waals surface area contributed by atoms with Gasteiger partial charge in [-0.05, 0) is 42.8 Å². The number of benzene rings is 2. The number of anilines is 1. The number of hydrogen-bond acceptors (Lipinski definition) is 4. The summed E-state index contributed by atoms with van der Waals surface area (Å²) >= 11 is 0. The Morgan fingerprint density at radius 3 is 2.68 bits per heavy atom. The average molecular weight is 345 g/mol. The zero-order chi connectivity index (χ0) is 18.0. The molecule has 1 aliphatic heterocycles. The van der Waals surface area contributed by atoms with Crippen molar-refractivity contribution in [2.45, 2.75) is 13.0 Å². The van der Waals surface area contributed by atoms with Crippen molar-refractivity contribution in [3.63, 3.8) is 0 Å². The topological polar surface area (TPSA) is 103 Å². The van der Waals surface area contributed by atoms with Crippen molar-refractivity contribution >= 4 is 17.6 Å². The number of carbonyl (C=O) groups is 2. The summed E-state index contributed by atoms with van der Waals surface area (Å²) in [5.41, 5.74) is 5.88. The molecule has 0 aromatic heterocycles. The predicted octanol–water partition coefficient (Wildman–Crippen LogP) is 2.54. The van der Waals surface area contributed by atoms with Crippen LogP contribution in [0.1, 0.15) is 28.9 Å². The van der Waals surface area contributed by atoms with Crippen LogP contribution in [0.25, 0.3) is 0 Å². The Bertz CT molecular complexity index is 841. The van der Waals surface area contributed by atoms with Crippen molar-refractivity contribution in [2.24, 2.45) is 5.73 Å². The van der Waals surface area contributed by atoms with Gasteiger partial charge >= 0.3 is 6.03 Å². The van der Waals surface area contributed by atoms with Crippen molar-refractivity contribution in [3.8, 4) is 11.5 Å². The highest BCUT2D eigenvalue weighted by atomic mass is 19.1. The lowest BCUT2D eigenvalue weighted by Gasteiger charge is -2.16. The van der Waals surface area contributed by atoms with Gasteiger partial charge in [-0.3, -0.25) is 4.79 Å². The number of nitrogens with one attached hydrogen (secondary N) is 2. The first kappa shape index (κ1) is 16.6. The maximum Gasteiger partial charge on any atom is 0.319 e. The summed E-state index contributed by atoms with van der Waals surface area (Å²) in [7, 11) is 0. The molecule has 0 fully saturated rings. The second kappa shape index (κ2) is 6.68. The maximum atomic E-state index is 13.4. The Kier molecular flexibility index (Phi) is 4.42. The molecule has 1 heterocycles. The minimum Gasteiger partial charge on any atom is -0.454 e. The van der Waals surface area contributed by atoms with Crippen molar-refractivity contribution in [1.29, 1.82) is 0 Å². The highest BCUT2D eigenvalue weighted by molar-refractivity contribution is 5.96. The van der Waals surface area contributed by atoms with E-state index in [0.717, 1.165) is 11.6 Å². The van der Waals surface area contributed by atoms with Crippen LogP contribution >= 0.6 is 0 Å². The van der Waals surface area contributed by atoms with Gasteiger partial charge in [0.1, 0.15) is 5.82 Å². The molecule has 2 aromatic rings. The number of rotatable bonds is 4. The van der Waals surface area contributed by atoms with Crippen molar-refractivity contribution in [1.82, 2.24) is 5.32 Å². The van der Waals surface area contributed by atoms with Crippen LogP contribution in [0.5, 0.6) is 11.5 Å². The first-order valence-corrected chi connectivity index (χ1v) is 7.50. The maximum absolute atomic E-state index is 13.4. The standard InChI is InChI=1S/C17H16FN3O4/c1-9(10-2-5-14-15(6-10)25-8-24-14)20-17(23)21-11-3-4-13(18)12(7-11)16(19)22/h2-7,9H,8H2,1H3,(H2,19,22)(H2,20,21,23)/t9-/m1/s1. The van der Waals surface area contributed by atoms with E-state index < -0.39 is 17.8 Å². The molecule has 4 N–H and O–H groups in total. The van der Waals surface area contributed by atoms with Gasteiger partial charge in [0.05, 0.1) is 11.6 Å². The first-order chi connectivity index (χ1) is 11.9. The summed E-state index contributed by atoms with van der Waals surface area (Å²) in [4.78, 5) is 23.3. The van der Waals surface area contributed by atoms with Crippen molar-refractivity contribution in [3.05, 3.63) is 53.3 Å². The molecule has 0 saturated carbocycles.